The Balaban J connectivity index is 1.44. The van der Waals surface area contributed by atoms with E-state index < -0.39 is 51.5 Å². The van der Waals surface area contributed by atoms with Crippen LogP contribution in [0, 0.1) is 17.5 Å². The molecule has 8 nitrogen and oxygen atoms in total. The first-order valence-corrected chi connectivity index (χ1v) is 11.1. The molecule has 3 rings (SSSR count). The lowest BCUT2D eigenvalue weighted by Crippen LogP contribution is -2.51. The SMILES string of the molecule is O=C(CN1CCN(S(=O)(=O)c2ccccc2)CC1)NCC(=O)Nc1ccc(F)c(F)c1F. The number of carbonyl (C=O) groups is 2. The highest BCUT2D eigenvalue weighted by molar-refractivity contribution is 7.89. The molecule has 2 N–H and O–H groups in total. The summed E-state index contributed by atoms with van der Waals surface area (Å²) < 4.78 is 66.3. The lowest BCUT2D eigenvalue weighted by molar-refractivity contribution is -0.125. The number of halogens is 3. The Labute approximate surface area is 183 Å². The predicted octanol–water partition coefficient (Wildman–Crippen LogP) is 1.17. The Hall–Kier alpha value is -2.96. The molecule has 1 aliphatic heterocycles. The van der Waals surface area contributed by atoms with E-state index >= 15 is 0 Å². The summed E-state index contributed by atoms with van der Waals surface area (Å²) in [5.74, 6) is -5.94. The maximum atomic E-state index is 13.6. The van der Waals surface area contributed by atoms with E-state index in [1.165, 1.54) is 16.4 Å². The van der Waals surface area contributed by atoms with Crippen molar-refractivity contribution in [3.05, 3.63) is 59.9 Å². The molecule has 1 heterocycles. The van der Waals surface area contributed by atoms with Crippen molar-refractivity contribution < 1.29 is 31.2 Å². The Bertz CT molecular complexity index is 1090. The lowest BCUT2D eigenvalue weighted by Gasteiger charge is -2.33. The number of anilines is 1. The van der Waals surface area contributed by atoms with Crippen LogP contribution in [-0.4, -0.2) is 68.7 Å². The number of amides is 2. The van der Waals surface area contributed by atoms with E-state index in [4.69, 9.17) is 0 Å². The van der Waals surface area contributed by atoms with Gasteiger partial charge in [0.25, 0.3) is 0 Å². The van der Waals surface area contributed by atoms with Crippen molar-refractivity contribution in [2.75, 3.05) is 44.6 Å². The van der Waals surface area contributed by atoms with Crippen LogP contribution in [0.1, 0.15) is 0 Å². The van der Waals surface area contributed by atoms with Gasteiger partial charge in [0.1, 0.15) is 0 Å². The minimum absolute atomic E-state index is 0.0635. The minimum atomic E-state index is -3.60. The normalized spacial score (nSPS) is 15.3. The molecule has 0 radical (unpaired) electrons. The van der Waals surface area contributed by atoms with Gasteiger partial charge in [-0.25, -0.2) is 21.6 Å². The minimum Gasteiger partial charge on any atom is -0.346 e. The maximum absolute atomic E-state index is 13.6. The highest BCUT2D eigenvalue weighted by Gasteiger charge is 2.29. The van der Waals surface area contributed by atoms with Crippen LogP contribution in [0.25, 0.3) is 0 Å². The highest BCUT2D eigenvalue weighted by atomic mass is 32.2. The molecule has 1 fully saturated rings. The fraction of sp³-hybridized carbons (Fsp3) is 0.300. The number of rotatable bonds is 7. The summed E-state index contributed by atoms with van der Waals surface area (Å²) in [6.07, 6.45) is 0. The summed E-state index contributed by atoms with van der Waals surface area (Å²) in [7, 11) is -3.60. The molecular formula is C20H21F3N4O4S. The smallest absolute Gasteiger partial charge is 0.243 e. The molecule has 1 aliphatic rings. The van der Waals surface area contributed by atoms with E-state index in [-0.39, 0.29) is 24.5 Å². The molecule has 0 aromatic heterocycles. The van der Waals surface area contributed by atoms with Gasteiger partial charge in [-0.3, -0.25) is 14.5 Å². The van der Waals surface area contributed by atoms with Crippen LogP contribution in [0.15, 0.2) is 47.4 Å². The second kappa shape index (κ2) is 10.1. The van der Waals surface area contributed by atoms with Gasteiger partial charge in [0.05, 0.1) is 23.7 Å². The van der Waals surface area contributed by atoms with Crippen molar-refractivity contribution in [1.82, 2.24) is 14.5 Å². The lowest BCUT2D eigenvalue weighted by atomic mass is 10.2. The van der Waals surface area contributed by atoms with Crippen LogP contribution >= 0.6 is 0 Å². The van der Waals surface area contributed by atoms with Gasteiger partial charge in [0.15, 0.2) is 17.5 Å². The second-order valence-corrected chi connectivity index (χ2v) is 8.98. The van der Waals surface area contributed by atoms with Crippen molar-refractivity contribution in [3.63, 3.8) is 0 Å². The molecule has 12 heteroatoms. The molecule has 172 valence electrons. The Morgan fingerprint density at radius 2 is 1.53 bits per heavy atom. The molecule has 0 saturated carbocycles. The topological polar surface area (TPSA) is 98.8 Å². The Kier molecular flexibility index (Phi) is 7.48. The molecule has 0 unspecified atom stereocenters. The number of piperazine rings is 1. The van der Waals surface area contributed by atoms with Crippen molar-refractivity contribution in [3.8, 4) is 0 Å². The molecule has 2 amide bonds. The van der Waals surface area contributed by atoms with Crippen molar-refractivity contribution in [2.45, 2.75) is 4.90 Å². The van der Waals surface area contributed by atoms with E-state index in [0.717, 1.165) is 6.07 Å². The quantitative estimate of drug-likeness (QED) is 0.592. The van der Waals surface area contributed by atoms with E-state index in [0.29, 0.717) is 19.2 Å². The molecule has 0 atom stereocenters. The number of nitrogens with one attached hydrogen (secondary N) is 2. The number of hydrogen-bond donors (Lipinski definition) is 2. The number of nitrogens with zero attached hydrogens (tertiary/aromatic N) is 2. The van der Waals surface area contributed by atoms with Gasteiger partial charge in [-0.1, -0.05) is 18.2 Å². The van der Waals surface area contributed by atoms with Crippen LogP contribution in [-0.2, 0) is 19.6 Å². The zero-order chi connectivity index (χ0) is 23.3. The number of carbonyl (C=O) groups excluding carboxylic acids is 2. The second-order valence-electron chi connectivity index (χ2n) is 7.04. The third-order valence-electron chi connectivity index (χ3n) is 4.83. The molecule has 2 aromatic rings. The molecule has 0 spiro atoms. The van der Waals surface area contributed by atoms with E-state index in [1.807, 2.05) is 0 Å². The van der Waals surface area contributed by atoms with Crippen molar-refractivity contribution in [1.29, 1.82) is 0 Å². The number of sulfonamides is 1. The van der Waals surface area contributed by atoms with Gasteiger partial charge < -0.3 is 10.6 Å². The first-order valence-electron chi connectivity index (χ1n) is 9.66. The van der Waals surface area contributed by atoms with Crippen molar-refractivity contribution >= 4 is 27.5 Å². The third-order valence-corrected chi connectivity index (χ3v) is 6.75. The number of hydrogen-bond acceptors (Lipinski definition) is 5. The average Bonchev–Trinajstić information content (AvgIpc) is 2.79. The molecule has 2 aromatic carbocycles. The molecule has 0 aliphatic carbocycles. The summed E-state index contributed by atoms with van der Waals surface area (Å²) in [5.41, 5.74) is -0.543. The van der Waals surface area contributed by atoms with Crippen LogP contribution in [0.2, 0.25) is 0 Å². The first kappa shape index (κ1) is 23.7. The van der Waals surface area contributed by atoms with Crippen molar-refractivity contribution in [2.24, 2.45) is 0 Å². The maximum Gasteiger partial charge on any atom is 0.243 e. The molecule has 0 bridgehead atoms. The van der Waals surface area contributed by atoms with Gasteiger partial charge >= 0.3 is 0 Å². The zero-order valence-corrected chi connectivity index (χ0v) is 17.7. The highest BCUT2D eigenvalue weighted by Crippen LogP contribution is 2.19. The monoisotopic (exact) mass is 470 g/mol. The fourth-order valence-corrected chi connectivity index (χ4v) is 4.57. The van der Waals surface area contributed by atoms with Crippen LogP contribution in [0.3, 0.4) is 0 Å². The molecular weight excluding hydrogens is 449 g/mol. The van der Waals surface area contributed by atoms with Gasteiger partial charge in [0, 0.05) is 26.2 Å². The van der Waals surface area contributed by atoms with Gasteiger partial charge in [-0.15, -0.1) is 0 Å². The Morgan fingerprint density at radius 3 is 2.19 bits per heavy atom. The largest absolute Gasteiger partial charge is 0.346 e. The predicted molar refractivity (Wildman–Crippen MR) is 110 cm³/mol. The number of benzene rings is 2. The summed E-state index contributed by atoms with van der Waals surface area (Å²) in [6.45, 7) is 0.504. The van der Waals surface area contributed by atoms with Crippen LogP contribution in [0.5, 0.6) is 0 Å². The zero-order valence-electron chi connectivity index (χ0n) is 16.9. The molecule has 1 saturated heterocycles. The Morgan fingerprint density at radius 1 is 0.875 bits per heavy atom. The van der Waals surface area contributed by atoms with Crippen LogP contribution < -0.4 is 10.6 Å². The van der Waals surface area contributed by atoms with Gasteiger partial charge in [-0.2, -0.15) is 4.31 Å². The van der Waals surface area contributed by atoms with Crippen LogP contribution in [0.4, 0.5) is 18.9 Å². The van der Waals surface area contributed by atoms with Gasteiger partial charge in [-0.05, 0) is 24.3 Å². The fourth-order valence-electron chi connectivity index (χ4n) is 3.12. The van der Waals surface area contributed by atoms with E-state index in [2.05, 4.69) is 10.6 Å². The van der Waals surface area contributed by atoms with Gasteiger partial charge in [0.2, 0.25) is 21.8 Å². The summed E-state index contributed by atoms with van der Waals surface area (Å²) in [4.78, 5) is 25.9. The first-order chi connectivity index (χ1) is 15.2. The molecule has 32 heavy (non-hydrogen) atoms. The average molecular weight is 470 g/mol. The standard InChI is InChI=1S/C20H21F3N4O4S/c21-15-6-7-16(20(23)19(15)22)25-17(28)12-24-18(29)13-26-8-10-27(11-9-26)32(30,31)14-4-2-1-3-5-14/h1-7H,8-13H2,(H,24,29)(H,25,28). The summed E-state index contributed by atoms with van der Waals surface area (Å²) in [5, 5.41) is 4.40. The summed E-state index contributed by atoms with van der Waals surface area (Å²) in [6, 6.07) is 9.60. The van der Waals surface area contributed by atoms with E-state index in [9.17, 15) is 31.2 Å². The van der Waals surface area contributed by atoms with E-state index in [1.54, 1.807) is 23.1 Å². The third kappa shape index (κ3) is 5.64. The summed E-state index contributed by atoms with van der Waals surface area (Å²) >= 11 is 0.